The van der Waals surface area contributed by atoms with Gasteiger partial charge in [-0.1, -0.05) is 6.08 Å². The molecule has 1 unspecified atom stereocenters. The average molecular weight is 273 g/mol. The number of dihydropyridines is 1. The zero-order valence-electron chi connectivity index (χ0n) is 11.4. The van der Waals surface area contributed by atoms with Crippen molar-refractivity contribution < 1.29 is 4.79 Å². The second kappa shape index (κ2) is 5.48. The van der Waals surface area contributed by atoms with Gasteiger partial charge in [-0.3, -0.25) is 14.8 Å². The smallest absolute Gasteiger partial charge is 0.254 e. The molecule has 3 rings (SSSR count). The molecule has 6 heteroatoms. The fourth-order valence-corrected chi connectivity index (χ4v) is 2.57. The molecule has 3 aliphatic heterocycles. The Balaban J connectivity index is 1.60. The van der Waals surface area contributed by atoms with Crippen LogP contribution in [0.25, 0.3) is 0 Å². The van der Waals surface area contributed by atoms with Gasteiger partial charge < -0.3 is 16.0 Å². The Kier molecular flexibility index (Phi) is 3.54. The minimum Gasteiger partial charge on any atom is -0.400 e. The molecule has 0 aromatic heterocycles. The molecule has 0 aromatic rings. The third kappa shape index (κ3) is 2.59. The molecule has 0 bridgehead atoms. The Morgan fingerprint density at radius 3 is 2.85 bits per heavy atom. The molecule has 6 nitrogen and oxygen atoms in total. The molecule has 1 fully saturated rings. The van der Waals surface area contributed by atoms with Crippen molar-refractivity contribution in [2.75, 3.05) is 26.2 Å². The average Bonchev–Trinajstić information content (AvgIpc) is 3.09. The number of rotatable bonds is 2. The molecule has 0 spiro atoms. The zero-order chi connectivity index (χ0) is 13.9. The number of nitrogens with one attached hydrogen (secondary N) is 1. The predicted octanol–water partition coefficient (Wildman–Crippen LogP) is -0.167. The lowest BCUT2D eigenvalue weighted by molar-refractivity contribution is -0.116. The van der Waals surface area contributed by atoms with Gasteiger partial charge in [0.05, 0.1) is 24.7 Å². The van der Waals surface area contributed by atoms with Gasteiger partial charge in [-0.05, 0) is 18.9 Å². The van der Waals surface area contributed by atoms with Crippen molar-refractivity contribution in [3.8, 4) is 0 Å². The maximum atomic E-state index is 11.5. The highest BCUT2D eigenvalue weighted by atomic mass is 16.1. The summed E-state index contributed by atoms with van der Waals surface area (Å²) in [6.07, 6.45) is 8.14. The minimum absolute atomic E-state index is 0.00458. The number of nitrogens with two attached hydrogens (primary N) is 1. The topological polar surface area (TPSA) is 83.1 Å². The van der Waals surface area contributed by atoms with E-state index in [0.29, 0.717) is 24.4 Å². The first-order valence-electron chi connectivity index (χ1n) is 7.01. The maximum absolute atomic E-state index is 11.5. The zero-order valence-corrected chi connectivity index (χ0v) is 11.4. The molecule has 20 heavy (non-hydrogen) atoms. The van der Waals surface area contributed by atoms with E-state index in [1.54, 1.807) is 6.21 Å². The van der Waals surface area contributed by atoms with E-state index in [0.717, 1.165) is 18.9 Å². The van der Waals surface area contributed by atoms with Crippen molar-refractivity contribution in [3.63, 3.8) is 0 Å². The SMILES string of the molecule is NC1=C(C=NC2C=CC(N3CCCC3)=NC2)C(=O)NC1. The fraction of sp³-hybridized carbons (Fsp3) is 0.500. The fourth-order valence-electron chi connectivity index (χ4n) is 2.57. The van der Waals surface area contributed by atoms with Gasteiger partial charge in [-0.25, -0.2) is 0 Å². The first-order chi connectivity index (χ1) is 9.74. The normalized spacial score (nSPS) is 26.6. The number of carbonyl (C=O) groups excluding carboxylic acids is 1. The molecule has 3 N–H and O–H groups in total. The molecule has 0 saturated carbocycles. The summed E-state index contributed by atoms with van der Waals surface area (Å²) in [5.74, 6) is 0.915. The van der Waals surface area contributed by atoms with E-state index in [4.69, 9.17) is 5.73 Å². The van der Waals surface area contributed by atoms with E-state index in [-0.39, 0.29) is 11.9 Å². The number of amides is 1. The molecule has 0 radical (unpaired) electrons. The van der Waals surface area contributed by atoms with E-state index in [1.807, 2.05) is 12.2 Å². The number of hydrogen-bond acceptors (Lipinski definition) is 5. The Labute approximate surface area is 118 Å². The van der Waals surface area contributed by atoms with Gasteiger partial charge in [0.2, 0.25) is 0 Å². The van der Waals surface area contributed by atoms with Crippen LogP contribution in [-0.4, -0.2) is 55.1 Å². The van der Waals surface area contributed by atoms with Crippen LogP contribution < -0.4 is 11.1 Å². The summed E-state index contributed by atoms with van der Waals surface area (Å²) >= 11 is 0. The summed E-state index contributed by atoms with van der Waals surface area (Å²) in [6.45, 7) is 3.24. The van der Waals surface area contributed by atoms with Gasteiger partial charge in [0, 0.05) is 25.0 Å². The van der Waals surface area contributed by atoms with Crippen molar-refractivity contribution in [2.45, 2.75) is 18.9 Å². The Morgan fingerprint density at radius 1 is 1.45 bits per heavy atom. The van der Waals surface area contributed by atoms with Gasteiger partial charge in [0.25, 0.3) is 5.91 Å². The highest BCUT2D eigenvalue weighted by molar-refractivity contribution is 6.14. The monoisotopic (exact) mass is 273 g/mol. The Morgan fingerprint density at radius 2 is 2.25 bits per heavy atom. The predicted molar refractivity (Wildman–Crippen MR) is 78.8 cm³/mol. The van der Waals surface area contributed by atoms with Crippen LogP contribution >= 0.6 is 0 Å². The van der Waals surface area contributed by atoms with Gasteiger partial charge in [0.15, 0.2) is 0 Å². The molecular formula is C14H19N5O. The van der Waals surface area contributed by atoms with Crippen LogP contribution in [0.15, 0.2) is 33.4 Å². The molecule has 3 heterocycles. The van der Waals surface area contributed by atoms with Crippen LogP contribution in [-0.2, 0) is 4.79 Å². The van der Waals surface area contributed by atoms with Crippen LogP contribution in [0.5, 0.6) is 0 Å². The molecule has 1 atom stereocenters. The van der Waals surface area contributed by atoms with Gasteiger partial charge in [0.1, 0.15) is 5.84 Å². The summed E-state index contributed by atoms with van der Waals surface area (Å²) < 4.78 is 0. The first kappa shape index (κ1) is 12.9. The number of likely N-dealkylation sites (tertiary alicyclic amines) is 1. The third-order valence-electron chi connectivity index (χ3n) is 3.76. The number of carbonyl (C=O) groups is 1. The second-order valence-electron chi connectivity index (χ2n) is 5.22. The van der Waals surface area contributed by atoms with Crippen LogP contribution in [0.1, 0.15) is 12.8 Å². The summed E-state index contributed by atoms with van der Waals surface area (Å²) in [7, 11) is 0. The van der Waals surface area contributed by atoms with E-state index >= 15 is 0 Å². The second-order valence-corrected chi connectivity index (χ2v) is 5.22. The molecule has 0 aliphatic carbocycles. The van der Waals surface area contributed by atoms with Crippen molar-refractivity contribution in [1.29, 1.82) is 0 Å². The molecular weight excluding hydrogens is 254 g/mol. The van der Waals surface area contributed by atoms with Crippen LogP contribution in [0.4, 0.5) is 0 Å². The van der Waals surface area contributed by atoms with Gasteiger partial charge in [-0.15, -0.1) is 0 Å². The minimum atomic E-state index is -0.146. The lowest BCUT2D eigenvalue weighted by Gasteiger charge is -2.21. The lowest BCUT2D eigenvalue weighted by atomic mass is 10.2. The molecule has 1 saturated heterocycles. The molecule has 106 valence electrons. The summed E-state index contributed by atoms with van der Waals surface area (Å²) in [6, 6.07) is -0.00458. The number of aliphatic imine (C=N–C) groups is 2. The summed E-state index contributed by atoms with van der Waals surface area (Å²) in [5, 5.41) is 2.67. The van der Waals surface area contributed by atoms with Crippen LogP contribution in [0, 0.1) is 0 Å². The number of nitrogens with zero attached hydrogens (tertiary/aromatic N) is 3. The Bertz CT molecular complexity index is 526. The van der Waals surface area contributed by atoms with E-state index in [2.05, 4.69) is 20.2 Å². The molecule has 1 amide bonds. The standard InChI is InChI=1S/C14H19N5O/c15-12-9-18-14(20)11(12)8-16-10-3-4-13(17-7-10)19-5-1-2-6-19/h3-4,8,10H,1-2,5-7,9,15H2,(H,18,20). The lowest BCUT2D eigenvalue weighted by Crippen LogP contribution is -2.29. The van der Waals surface area contributed by atoms with Crippen LogP contribution in [0.3, 0.4) is 0 Å². The van der Waals surface area contributed by atoms with Crippen molar-refractivity contribution >= 4 is 18.0 Å². The van der Waals surface area contributed by atoms with E-state index in [1.165, 1.54) is 12.8 Å². The van der Waals surface area contributed by atoms with Crippen LogP contribution in [0.2, 0.25) is 0 Å². The maximum Gasteiger partial charge on any atom is 0.254 e. The van der Waals surface area contributed by atoms with Gasteiger partial charge in [-0.2, -0.15) is 0 Å². The van der Waals surface area contributed by atoms with E-state index in [9.17, 15) is 4.79 Å². The third-order valence-corrected chi connectivity index (χ3v) is 3.76. The van der Waals surface area contributed by atoms with Crippen molar-refractivity contribution in [3.05, 3.63) is 23.4 Å². The number of hydrogen-bond donors (Lipinski definition) is 2. The number of amidine groups is 1. The largest absolute Gasteiger partial charge is 0.400 e. The van der Waals surface area contributed by atoms with E-state index < -0.39 is 0 Å². The summed E-state index contributed by atoms with van der Waals surface area (Å²) in [5.41, 5.74) is 6.78. The molecule has 3 aliphatic rings. The Hall–Kier alpha value is -2.11. The van der Waals surface area contributed by atoms with Crippen molar-refractivity contribution in [1.82, 2.24) is 10.2 Å². The highest BCUT2D eigenvalue weighted by Crippen LogP contribution is 2.13. The van der Waals surface area contributed by atoms with Crippen molar-refractivity contribution in [2.24, 2.45) is 15.7 Å². The first-order valence-corrected chi connectivity index (χ1v) is 7.01. The molecule has 0 aromatic carbocycles. The quantitative estimate of drug-likeness (QED) is 0.685. The summed E-state index contributed by atoms with van der Waals surface area (Å²) in [4.78, 5) is 22.8. The highest BCUT2D eigenvalue weighted by Gasteiger charge is 2.20. The van der Waals surface area contributed by atoms with Gasteiger partial charge >= 0.3 is 0 Å².